The Bertz CT molecular complexity index is 571. The number of aryl methyl sites for hydroxylation is 1. The zero-order valence-electron chi connectivity index (χ0n) is 12.0. The molecule has 1 fully saturated rings. The number of hydrogen-bond acceptors (Lipinski definition) is 3. The van der Waals surface area contributed by atoms with E-state index >= 15 is 0 Å². The van der Waals surface area contributed by atoms with Gasteiger partial charge in [-0.3, -0.25) is 9.59 Å². The molecule has 1 aliphatic carbocycles. The Hall–Kier alpha value is -2.04. The topological polar surface area (TPSA) is 84.2 Å². The highest BCUT2D eigenvalue weighted by molar-refractivity contribution is 5.87. The number of nitrogens with two attached hydrogens (primary N) is 1. The first kappa shape index (κ1) is 13.9. The first-order valence-electron chi connectivity index (χ1n) is 7.59. The van der Waals surface area contributed by atoms with Gasteiger partial charge in [-0.25, -0.2) is 0 Å². The molecule has 4 N–H and O–H groups in total. The minimum absolute atomic E-state index is 0.000440. The number of fused-ring (bicyclic) bond motifs is 1. The summed E-state index contributed by atoms with van der Waals surface area (Å²) in [5.41, 5.74) is 9.00. The van der Waals surface area contributed by atoms with Gasteiger partial charge in [-0.15, -0.1) is 0 Å². The Morgan fingerprint density at radius 1 is 1.33 bits per heavy atom. The van der Waals surface area contributed by atoms with Crippen molar-refractivity contribution in [3.8, 4) is 0 Å². The minimum atomic E-state index is -0.196. The van der Waals surface area contributed by atoms with Crippen LogP contribution in [0.25, 0.3) is 0 Å². The second-order valence-electron chi connectivity index (χ2n) is 5.95. The van der Waals surface area contributed by atoms with E-state index in [4.69, 9.17) is 5.73 Å². The number of anilines is 1. The van der Waals surface area contributed by atoms with Crippen LogP contribution < -0.4 is 16.4 Å². The van der Waals surface area contributed by atoms with Gasteiger partial charge in [-0.1, -0.05) is 6.07 Å². The molecule has 1 heterocycles. The van der Waals surface area contributed by atoms with Crippen molar-refractivity contribution in [1.29, 1.82) is 0 Å². The fraction of sp³-hybridized carbons (Fsp3) is 0.500. The fourth-order valence-corrected chi connectivity index (χ4v) is 3.28. The number of rotatable bonds is 2. The second-order valence-corrected chi connectivity index (χ2v) is 5.95. The van der Waals surface area contributed by atoms with Crippen LogP contribution >= 0.6 is 0 Å². The molecule has 2 unspecified atom stereocenters. The van der Waals surface area contributed by atoms with Crippen LogP contribution in [0, 0.1) is 5.92 Å². The normalized spacial score (nSPS) is 24.9. The van der Waals surface area contributed by atoms with Crippen LogP contribution in [0.1, 0.15) is 42.9 Å². The van der Waals surface area contributed by atoms with E-state index in [1.54, 1.807) is 0 Å². The van der Waals surface area contributed by atoms with Crippen molar-refractivity contribution in [3.05, 3.63) is 29.3 Å². The molecule has 0 saturated carbocycles. The lowest BCUT2D eigenvalue weighted by atomic mass is 9.86. The number of carbonyl (C=O) groups is 2. The summed E-state index contributed by atoms with van der Waals surface area (Å²) in [7, 11) is 0. The van der Waals surface area contributed by atoms with Crippen molar-refractivity contribution in [2.24, 2.45) is 5.92 Å². The molecule has 5 heteroatoms. The van der Waals surface area contributed by atoms with E-state index in [-0.39, 0.29) is 23.8 Å². The summed E-state index contributed by atoms with van der Waals surface area (Å²) in [5, 5.41) is 5.88. The molecule has 0 aromatic heterocycles. The van der Waals surface area contributed by atoms with E-state index in [9.17, 15) is 9.59 Å². The average Bonchev–Trinajstić information content (AvgIpc) is 2.47. The Morgan fingerprint density at radius 2 is 2.19 bits per heavy atom. The van der Waals surface area contributed by atoms with Gasteiger partial charge < -0.3 is 16.4 Å². The molecule has 1 aliphatic heterocycles. The third-order valence-corrected chi connectivity index (χ3v) is 4.42. The van der Waals surface area contributed by atoms with Gasteiger partial charge in [0.25, 0.3) is 0 Å². The number of carbonyl (C=O) groups excluding carboxylic acids is 2. The van der Waals surface area contributed by atoms with Crippen molar-refractivity contribution in [2.45, 2.75) is 38.1 Å². The zero-order chi connectivity index (χ0) is 14.8. The van der Waals surface area contributed by atoms with Gasteiger partial charge >= 0.3 is 0 Å². The fourth-order valence-electron chi connectivity index (χ4n) is 3.28. The standard InChI is InChI=1S/C16H21N3O2/c17-12-4-5-13-10(8-12)2-1-3-14(13)19-16(21)11-6-7-18-15(20)9-11/h4-5,8,11,14H,1-3,6-7,9,17H2,(H,18,20)(H,19,21). The Kier molecular flexibility index (Phi) is 3.82. The van der Waals surface area contributed by atoms with E-state index in [1.165, 1.54) is 11.1 Å². The molecule has 0 spiro atoms. The first-order valence-corrected chi connectivity index (χ1v) is 7.59. The maximum atomic E-state index is 12.4. The summed E-state index contributed by atoms with van der Waals surface area (Å²) >= 11 is 0. The first-order chi connectivity index (χ1) is 10.1. The molecule has 0 bridgehead atoms. The quantitative estimate of drug-likeness (QED) is 0.717. The molecule has 2 amide bonds. The third kappa shape index (κ3) is 3.01. The van der Waals surface area contributed by atoms with E-state index in [0.29, 0.717) is 13.0 Å². The van der Waals surface area contributed by atoms with Gasteiger partial charge in [-0.2, -0.15) is 0 Å². The number of nitrogens with one attached hydrogen (secondary N) is 2. The lowest BCUT2D eigenvalue weighted by Gasteiger charge is -2.29. The molecule has 1 aromatic carbocycles. The molecule has 21 heavy (non-hydrogen) atoms. The Labute approximate surface area is 124 Å². The van der Waals surface area contributed by atoms with Crippen molar-refractivity contribution in [1.82, 2.24) is 10.6 Å². The van der Waals surface area contributed by atoms with Crippen LogP contribution in [-0.2, 0) is 16.0 Å². The minimum Gasteiger partial charge on any atom is -0.399 e. The molecule has 1 saturated heterocycles. The molecule has 2 aliphatic rings. The number of amides is 2. The SMILES string of the molecule is Nc1ccc2c(c1)CCCC2NC(=O)C1CCNC(=O)C1. The summed E-state index contributed by atoms with van der Waals surface area (Å²) in [6.45, 7) is 0.592. The summed E-state index contributed by atoms with van der Waals surface area (Å²) in [4.78, 5) is 23.8. The van der Waals surface area contributed by atoms with Crippen LogP contribution in [0.2, 0.25) is 0 Å². The molecular weight excluding hydrogens is 266 g/mol. The van der Waals surface area contributed by atoms with Gasteiger partial charge in [0.15, 0.2) is 0 Å². The van der Waals surface area contributed by atoms with E-state index in [1.807, 2.05) is 18.2 Å². The van der Waals surface area contributed by atoms with Gasteiger partial charge in [0.1, 0.15) is 0 Å². The van der Waals surface area contributed by atoms with Crippen molar-refractivity contribution < 1.29 is 9.59 Å². The van der Waals surface area contributed by atoms with E-state index < -0.39 is 0 Å². The zero-order valence-corrected chi connectivity index (χ0v) is 12.0. The molecule has 3 rings (SSSR count). The van der Waals surface area contributed by atoms with Crippen LogP contribution in [-0.4, -0.2) is 18.4 Å². The predicted molar refractivity (Wildman–Crippen MR) is 80.4 cm³/mol. The maximum Gasteiger partial charge on any atom is 0.224 e. The van der Waals surface area contributed by atoms with Crippen molar-refractivity contribution >= 4 is 17.5 Å². The van der Waals surface area contributed by atoms with Crippen LogP contribution in [0.4, 0.5) is 5.69 Å². The van der Waals surface area contributed by atoms with Crippen molar-refractivity contribution in [2.75, 3.05) is 12.3 Å². The summed E-state index contributed by atoms with van der Waals surface area (Å²) in [6, 6.07) is 5.95. The second kappa shape index (κ2) is 5.76. The number of benzene rings is 1. The summed E-state index contributed by atoms with van der Waals surface area (Å²) in [6.07, 6.45) is 4.03. The van der Waals surface area contributed by atoms with Crippen LogP contribution in [0.3, 0.4) is 0 Å². The van der Waals surface area contributed by atoms with Crippen LogP contribution in [0.5, 0.6) is 0 Å². The molecule has 112 valence electrons. The monoisotopic (exact) mass is 287 g/mol. The molecule has 0 radical (unpaired) electrons. The summed E-state index contributed by atoms with van der Waals surface area (Å²) in [5.74, 6) is -0.226. The molecule has 1 aromatic rings. The van der Waals surface area contributed by atoms with Crippen molar-refractivity contribution in [3.63, 3.8) is 0 Å². The van der Waals surface area contributed by atoms with Gasteiger partial charge in [-0.05, 0) is 48.9 Å². The highest BCUT2D eigenvalue weighted by Gasteiger charge is 2.29. The van der Waals surface area contributed by atoms with Gasteiger partial charge in [0.2, 0.25) is 11.8 Å². The van der Waals surface area contributed by atoms with Gasteiger partial charge in [0, 0.05) is 24.6 Å². The molecular formula is C16H21N3O2. The molecule has 5 nitrogen and oxygen atoms in total. The highest BCUT2D eigenvalue weighted by atomic mass is 16.2. The van der Waals surface area contributed by atoms with E-state index in [2.05, 4.69) is 10.6 Å². The number of piperidine rings is 1. The number of hydrogen-bond donors (Lipinski definition) is 3. The number of nitrogen functional groups attached to an aromatic ring is 1. The Balaban J connectivity index is 1.71. The molecule has 2 atom stereocenters. The highest BCUT2D eigenvalue weighted by Crippen LogP contribution is 2.31. The smallest absolute Gasteiger partial charge is 0.224 e. The van der Waals surface area contributed by atoms with E-state index in [0.717, 1.165) is 31.4 Å². The predicted octanol–water partition coefficient (Wildman–Crippen LogP) is 1.29. The van der Waals surface area contributed by atoms with Crippen LogP contribution in [0.15, 0.2) is 18.2 Å². The Morgan fingerprint density at radius 3 is 3.00 bits per heavy atom. The largest absolute Gasteiger partial charge is 0.399 e. The average molecular weight is 287 g/mol. The lowest BCUT2D eigenvalue weighted by molar-refractivity contribution is -0.132. The summed E-state index contributed by atoms with van der Waals surface area (Å²) < 4.78 is 0. The lowest BCUT2D eigenvalue weighted by Crippen LogP contribution is -2.42. The maximum absolute atomic E-state index is 12.4. The van der Waals surface area contributed by atoms with Gasteiger partial charge in [0.05, 0.1) is 6.04 Å². The third-order valence-electron chi connectivity index (χ3n) is 4.42.